The van der Waals surface area contributed by atoms with E-state index in [1.54, 1.807) is 6.07 Å². The number of ether oxygens (including phenoxy) is 1. The zero-order valence-corrected chi connectivity index (χ0v) is 17.1. The number of nitrogens with one attached hydrogen (secondary N) is 1. The summed E-state index contributed by atoms with van der Waals surface area (Å²) in [5, 5.41) is 0. The molecule has 27 heavy (non-hydrogen) atoms. The standard InChI is InChI=1S/C21H28N2O3S/c1-16-4-7-19(8-5-16)20(15-23-10-12-26-13-11-23)22-27(24,25)21-9-6-17(2)14-18(21)3/h4-9,14,20,22H,10-13,15H2,1-3H3. The van der Waals surface area contributed by atoms with E-state index in [2.05, 4.69) is 9.62 Å². The van der Waals surface area contributed by atoms with Gasteiger partial charge in [0.2, 0.25) is 10.0 Å². The molecule has 1 unspecified atom stereocenters. The first-order chi connectivity index (χ1) is 12.8. The molecular formula is C21H28N2O3S. The summed E-state index contributed by atoms with van der Waals surface area (Å²) >= 11 is 0. The van der Waals surface area contributed by atoms with Crippen molar-refractivity contribution in [2.45, 2.75) is 31.7 Å². The lowest BCUT2D eigenvalue weighted by molar-refractivity contribution is 0.0345. The van der Waals surface area contributed by atoms with Crippen molar-refractivity contribution < 1.29 is 13.2 Å². The van der Waals surface area contributed by atoms with Gasteiger partial charge < -0.3 is 4.74 Å². The van der Waals surface area contributed by atoms with Gasteiger partial charge in [0.25, 0.3) is 0 Å². The molecule has 1 aliphatic heterocycles. The highest BCUT2D eigenvalue weighted by Crippen LogP contribution is 2.22. The molecule has 0 spiro atoms. The van der Waals surface area contributed by atoms with Gasteiger partial charge in [-0.3, -0.25) is 4.90 Å². The van der Waals surface area contributed by atoms with Crippen LogP contribution in [0.3, 0.4) is 0 Å². The second-order valence-electron chi connectivity index (χ2n) is 7.27. The number of morpholine rings is 1. The maximum atomic E-state index is 13.1. The van der Waals surface area contributed by atoms with Crippen LogP contribution in [0, 0.1) is 20.8 Å². The zero-order valence-electron chi connectivity index (χ0n) is 16.2. The molecule has 0 aliphatic carbocycles. The van der Waals surface area contributed by atoms with E-state index in [0.717, 1.165) is 35.3 Å². The second-order valence-corrected chi connectivity index (χ2v) is 8.95. The van der Waals surface area contributed by atoms with Crippen LogP contribution in [0.15, 0.2) is 47.4 Å². The van der Waals surface area contributed by atoms with Gasteiger partial charge in [-0.15, -0.1) is 0 Å². The molecule has 2 aromatic rings. The van der Waals surface area contributed by atoms with Crippen LogP contribution >= 0.6 is 0 Å². The van der Waals surface area contributed by atoms with Gasteiger partial charge in [-0.05, 0) is 38.0 Å². The topological polar surface area (TPSA) is 58.6 Å². The number of sulfonamides is 1. The van der Waals surface area contributed by atoms with Gasteiger partial charge in [0.15, 0.2) is 0 Å². The third-order valence-corrected chi connectivity index (χ3v) is 6.57. The quantitative estimate of drug-likeness (QED) is 0.827. The van der Waals surface area contributed by atoms with Crippen molar-refractivity contribution in [1.82, 2.24) is 9.62 Å². The van der Waals surface area contributed by atoms with Gasteiger partial charge in [-0.25, -0.2) is 13.1 Å². The Hall–Kier alpha value is -1.73. The SMILES string of the molecule is Cc1ccc(C(CN2CCOCC2)NS(=O)(=O)c2ccc(C)cc2C)cc1. The minimum atomic E-state index is -3.62. The largest absolute Gasteiger partial charge is 0.379 e. The van der Waals surface area contributed by atoms with E-state index in [1.165, 1.54) is 0 Å². The number of rotatable bonds is 6. The Morgan fingerprint density at radius 2 is 1.63 bits per heavy atom. The first kappa shape index (κ1) is 20.0. The molecule has 1 N–H and O–H groups in total. The minimum absolute atomic E-state index is 0.311. The van der Waals surface area contributed by atoms with E-state index in [9.17, 15) is 8.42 Å². The van der Waals surface area contributed by atoms with Gasteiger partial charge in [-0.1, -0.05) is 47.5 Å². The molecule has 2 aromatic carbocycles. The van der Waals surface area contributed by atoms with Crippen molar-refractivity contribution in [2.24, 2.45) is 0 Å². The van der Waals surface area contributed by atoms with Crippen molar-refractivity contribution in [2.75, 3.05) is 32.8 Å². The fourth-order valence-electron chi connectivity index (χ4n) is 3.40. The molecular weight excluding hydrogens is 360 g/mol. The molecule has 1 aliphatic rings. The highest BCUT2D eigenvalue weighted by Gasteiger charge is 2.25. The van der Waals surface area contributed by atoms with Crippen molar-refractivity contribution in [3.8, 4) is 0 Å². The van der Waals surface area contributed by atoms with Gasteiger partial charge in [0.05, 0.1) is 24.2 Å². The summed E-state index contributed by atoms with van der Waals surface area (Å²) in [4.78, 5) is 2.59. The molecule has 1 atom stereocenters. The lowest BCUT2D eigenvalue weighted by atomic mass is 10.1. The van der Waals surface area contributed by atoms with Crippen molar-refractivity contribution in [3.63, 3.8) is 0 Å². The highest BCUT2D eigenvalue weighted by molar-refractivity contribution is 7.89. The predicted octanol–water partition coefficient (Wildman–Crippen LogP) is 2.96. The number of aryl methyl sites for hydroxylation is 3. The average Bonchev–Trinajstić information content (AvgIpc) is 2.62. The third kappa shape index (κ3) is 5.17. The Kier molecular flexibility index (Phi) is 6.32. The lowest BCUT2D eigenvalue weighted by Gasteiger charge is -2.31. The molecule has 6 heteroatoms. The van der Waals surface area contributed by atoms with Gasteiger partial charge in [-0.2, -0.15) is 0 Å². The fraction of sp³-hybridized carbons (Fsp3) is 0.429. The minimum Gasteiger partial charge on any atom is -0.379 e. The summed E-state index contributed by atoms with van der Waals surface area (Å²) in [7, 11) is -3.62. The van der Waals surface area contributed by atoms with Crippen LogP contribution < -0.4 is 4.72 Å². The van der Waals surface area contributed by atoms with E-state index in [4.69, 9.17) is 4.74 Å². The van der Waals surface area contributed by atoms with Crippen LogP contribution in [0.5, 0.6) is 0 Å². The zero-order chi connectivity index (χ0) is 19.4. The van der Waals surface area contributed by atoms with Crippen LogP contribution in [0.4, 0.5) is 0 Å². The predicted molar refractivity (Wildman–Crippen MR) is 107 cm³/mol. The summed E-state index contributed by atoms with van der Waals surface area (Å²) in [6, 6.07) is 13.2. The summed E-state index contributed by atoms with van der Waals surface area (Å²) in [6.45, 7) is 9.45. The molecule has 0 amide bonds. The first-order valence-electron chi connectivity index (χ1n) is 9.31. The summed E-state index contributed by atoms with van der Waals surface area (Å²) < 4.78 is 34.6. The second kappa shape index (κ2) is 8.52. The number of hydrogen-bond donors (Lipinski definition) is 1. The summed E-state index contributed by atoms with van der Waals surface area (Å²) in [5.41, 5.74) is 3.94. The van der Waals surface area contributed by atoms with E-state index in [1.807, 2.05) is 57.2 Å². The van der Waals surface area contributed by atoms with E-state index in [-0.39, 0.29) is 6.04 Å². The molecule has 0 radical (unpaired) electrons. The van der Waals surface area contributed by atoms with Crippen LogP contribution in [0.1, 0.15) is 28.3 Å². The third-order valence-electron chi connectivity index (χ3n) is 4.94. The van der Waals surface area contributed by atoms with Crippen molar-refractivity contribution in [1.29, 1.82) is 0 Å². The van der Waals surface area contributed by atoms with E-state index < -0.39 is 10.0 Å². The lowest BCUT2D eigenvalue weighted by Crippen LogP contribution is -2.43. The van der Waals surface area contributed by atoms with Gasteiger partial charge >= 0.3 is 0 Å². The molecule has 1 heterocycles. The van der Waals surface area contributed by atoms with Crippen LogP contribution in [-0.2, 0) is 14.8 Å². The molecule has 3 rings (SSSR count). The molecule has 146 valence electrons. The molecule has 1 saturated heterocycles. The Labute approximate surface area is 162 Å². The van der Waals surface area contributed by atoms with Crippen molar-refractivity contribution >= 4 is 10.0 Å². The number of benzene rings is 2. The molecule has 0 bridgehead atoms. The Morgan fingerprint density at radius 1 is 1.00 bits per heavy atom. The van der Waals surface area contributed by atoms with Gasteiger partial charge in [0, 0.05) is 19.6 Å². The van der Waals surface area contributed by atoms with Crippen molar-refractivity contribution in [3.05, 3.63) is 64.7 Å². The molecule has 0 aromatic heterocycles. The molecule has 5 nitrogen and oxygen atoms in total. The first-order valence-corrected chi connectivity index (χ1v) is 10.8. The van der Waals surface area contributed by atoms with E-state index >= 15 is 0 Å². The maximum Gasteiger partial charge on any atom is 0.241 e. The normalized spacial score (nSPS) is 17.0. The Balaban J connectivity index is 1.88. The summed E-state index contributed by atoms with van der Waals surface area (Å²) in [5.74, 6) is 0. The monoisotopic (exact) mass is 388 g/mol. The molecule has 1 fully saturated rings. The average molecular weight is 389 g/mol. The number of hydrogen-bond acceptors (Lipinski definition) is 4. The molecule has 0 saturated carbocycles. The highest BCUT2D eigenvalue weighted by atomic mass is 32.2. The summed E-state index contributed by atoms with van der Waals surface area (Å²) in [6.07, 6.45) is 0. The Morgan fingerprint density at radius 3 is 2.26 bits per heavy atom. The van der Waals surface area contributed by atoms with Crippen LogP contribution in [-0.4, -0.2) is 46.2 Å². The fourth-order valence-corrected chi connectivity index (χ4v) is 4.85. The van der Waals surface area contributed by atoms with Crippen LogP contribution in [0.2, 0.25) is 0 Å². The van der Waals surface area contributed by atoms with Gasteiger partial charge in [0.1, 0.15) is 0 Å². The smallest absolute Gasteiger partial charge is 0.241 e. The maximum absolute atomic E-state index is 13.1. The number of nitrogens with zero attached hydrogens (tertiary/aromatic N) is 1. The Bertz CT molecular complexity index is 873. The van der Waals surface area contributed by atoms with E-state index in [0.29, 0.717) is 24.7 Å². The van der Waals surface area contributed by atoms with Crippen LogP contribution in [0.25, 0.3) is 0 Å².